The number of benzene rings is 1. The molecule has 0 aliphatic carbocycles. The summed E-state index contributed by atoms with van der Waals surface area (Å²) in [6, 6.07) is 5.26. The number of halogens is 3. The molecule has 25 heavy (non-hydrogen) atoms. The molecule has 0 saturated carbocycles. The van der Waals surface area contributed by atoms with Crippen molar-refractivity contribution in [3.05, 3.63) is 35.1 Å². The Morgan fingerprint density at radius 3 is 2.76 bits per heavy atom. The Bertz CT molecular complexity index is 815. The van der Waals surface area contributed by atoms with E-state index >= 15 is 0 Å². The maximum Gasteiger partial charge on any atom is 0.244 e. The largest absolute Gasteiger partial charge is 0.315 e. The molecule has 9 heteroatoms. The molecule has 1 N–H and O–H groups in total. The SMILES string of the molecule is CC1CNCCCCN1S(=O)(=O)c1cccc2cncc(Br)c12.Cl.Cl. The number of aromatic nitrogens is 1. The standard InChI is InChI=1S/C16H20BrN3O2S.2ClH/c1-12-9-18-7-2-3-8-20(12)23(21,22)15-6-4-5-13-10-19-11-14(17)16(13)15;;/h4-6,10-12,18H,2-3,7-9H2,1H3;2*1H. The van der Waals surface area contributed by atoms with E-state index in [1.54, 1.807) is 28.8 Å². The average Bonchev–Trinajstić information content (AvgIpc) is 2.50. The summed E-state index contributed by atoms with van der Waals surface area (Å²) in [5, 5.41) is 4.83. The van der Waals surface area contributed by atoms with Crippen LogP contribution in [0.4, 0.5) is 0 Å². The fourth-order valence-electron chi connectivity index (χ4n) is 3.01. The molecule has 1 atom stereocenters. The molecule has 0 bridgehead atoms. The lowest BCUT2D eigenvalue weighted by atomic mass is 10.2. The van der Waals surface area contributed by atoms with E-state index in [2.05, 4.69) is 26.2 Å². The van der Waals surface area contributed by atoms with Crippen molar-refractivity contribution in [2.75, 3.05) is 19.6 Å². The van der Waals surface area contributed by atoms with Crippen molar-refractivity contribution in [3.8, 4) is 0 Å². The third-order valence-electron chi connectivity index (χ3n) is 4.20. The maximum absolute atomic E-state index is 13.3. The van der Waals surface area contributed by atoms with Crippen LogP contribution in [-0.2, 0) is 10.0 Å². The molecule has 0 radical (unpaired) electrons. The van der Waals surface area contributed by atoms with Gasteiger partial charge in [-0.15, -0.1) is 24.8 Å². The Kier molecular flexibility index (Phi) is 8.57. The predicted molar refractivity (Wildman–Crippen MR) is 109 cm³/mol. The number of nitrogens with one attached hydrogen (secondary N) is 1. The van der Waals surface area contributed by atoms with Crippen molar-refractivity contribution in [1.82, 2.24) is 14.6 Å². The zero-order valence-corrected chi connectivity index (χ0v) is 17.8. The maximum atomic E-state index is 13.3. The van der Waals surface area contributed by atoms with Gasteiger partial charge in [-0.05, 0) is 48.3 Å². The lowest BCUT2D eigenvalue weighted by Crippen LogP contribution is -2.46. The molecule has 1 aliphatic heterocycles. The third kappa shape index (κ3) is 4.64. The molecule has 1 aliphatic rings. The summed E-state index contributed by atoms with van der Waals surface area (Å²) in [5.41, 5.74) is 0. The Labute approximate surface area is 169 Å². The fourth-order valence-corrected chi connectivity index (χ4v) is 5.61. The second-order valence-electron chi connectivity index (χ2n) is 5.85. The van der Waals surface area contributed by atoms with Gasteiger partial charge in [0.05, 0.1) is 4.90 Å². The molecule has 140 valence electrons. The van der Waals surface area contributed by atoms with Crippen LogP contribution in [0.1, 0.15) is 19.8 Å². The number of hydrogen-bond acceptors (Lipinski definition) is 4. The van der Waals surface area contributed by atoms with Crippen molar-refractivity contribution in [2.45, 2.75) is 30.7 Å². The van der Waals surface area contributed by atoms with Crippen LogP contribution in [0.2, 0.25) is 0 Å². The molecule has 2 aromatic rings. The highest BCUT2D eigenvalue weighted by molar-refractivity contribution is 9.10. The van der Waals surface area contributed by atoms with E-state index < -0.39 is 10.0 Å². The zero-order chi connectivity index (χ0) is 16.4. The van der Waals surface area contributed by atoms with Crippen molar-refractivity contribution in [2.24, 2.45) is 0 Å². The molecule has 5 nitrogen and oxygen atoms in total. The summed E-state index contributed by atoms with van der Waals surface area (Å²) in [4.78, 5) is 4.47. The van der Waals surface area contributed by atoms with E-state index in [9.17, 15) is 8.42 Å². The van der Waals surface area contributed by atoms with Gasteiger partial charge in [0.15, 0.2) is 0 Å². The number of fused-ring (bicyclic) bond motifs is 1. The van der Waals surface area contributed by atoms with E-state index in [4.69, 9.17) is 0 Å². The van der Waals surface area contributed by atoms with Crippen LogP contribution in [-0.4, -0.2) is 43.4 Å². The van der Waals surface area contributed by atoms with Crippen LogP contribution in [0.25, 0.3) is 10.8 Å². The average molecular weight is 471 g/mol. The van der Waals surface area contributed by atoms with Gasteiger partial charge in [-0.3, -0.25) is 4.98 Å². The Balaban J connectivity index is 0.00000156. The van der Waals surface area contributed by atoms with E-state index in [0.717, 1.165) is 24.8 Å². The van der Waals surface area contributed by atoms with Crippen LogP contribution in [0.5, 0.6) is 0 Å². The molecule has 3 rings (SSSR count). The number of pyridine rings is 1. The van der Waals surface area contributed by atoms with Crippen molar-refractivity contribution < 1.29 is 8.42 Å². The van der Waals surface area contributed by atoms with E-state index in [-0.39, 0.29) is 30.9 Å². The molecule has 2 heterocycles. The molecular weight excluding hydrogens is 449 g/mol. The van der Waals surface area contributed by atoms with Crippen LogP contribution in [0.3, 0.4) is 0 Å². The number of hydrogen-bond donors (Lipinski definition) is 1. The minimum absolute atomic E-state index is 0. The number of sulfonamides is 1. The summed E-state index contributed by atoms with van der Waals surface area (Å²) in [6.07, 6.45) is 5.18. The normalized spacial score (nSPS) is 19.4. The Morgan fingerprint density at radius 1 is 1.24 bits per heavy atom. The van der Waals surface area contributed by atoms with Gasteiger partial charge >= 0.3 is 0 Å². The van der Waals surface area contributed by atoms with Crippen molar-refractivity contribution >= 4 is 61.5 Å². The quantitative estimate of drug-likeness (QED) is 0.728. The van der Waals surface area contributed by atoms with Gasteiger partial charge in [0.2, 0.25) is 10.0 Å². The second kappa shape index (κ2) is 9.48. The van der Waals surface area contributed by atoms with Crippen LogP contribution in [0.15, 0.2) is 40.0 Å². The van der Waals surface area contributed by atoms with E-state index in [1.165, 1.54) is 0 Å². The molecule has 0 spiro atoms. The molecule has 1 aromatic heterocycles. The van der Waals surface area contributed by atoms with Gasteiger partial charge < -0.3 is 5.32 Å². The van der Waals surface area contributed by atoms with Crippen molar-refractivity contribution in [3.63, 3.8) is 0 Å². The first-order valence-electron chi connectivity index (χ1n) is 7.76. The van der Waals surface area contributed by atoms with Crippen LogP contribution >= 0.6 is 40.7 Å². The van der Waals surface area contributed by atoms with Crippen molar-refractivity contribution in [1.29, 1.82) is 0 Å². The minimum atomic E-state index is -3.56. The van der Waals surface area contributed by atoms with Crippen LogP contribution < -0.4 is 5.32 Å². The molecular formula is C16H22BrCl2N3O2S. The summed E-state index contributed by atoms with van der Waals surface area (Å²) in [5.74, 6) is 0. The highest BCUT2D eigenvalue weighted by atomic mass is 79.9. The van der Waals surface area contributed by atoms with Gasteiger partial charge in [-0.1, -0.05) is 12.1 Å². The number of rotatable bonds is 2. The molecule has 1 fully saturated rings. The molecule has 1 unspecified atom stereocenters. The molecule has 1 saturated heterocycles. The summed E-state index contributed by atoms with van der Waals surface area (Å²) in [6.45, 7) is 4.14. The third-order valence-corrected chi connectivity index (χ3v) is 6.86. The zero-order valence-electron chi connectivity index (χ0n) is 13.8. The molecule has 0 amide bonds. The smallest absolute Gasteiger partial charge is 0.244 e. The van der Waals surface area contributed by atoms with E-state index in [0.29, 0.717) is 27.8 Å². The highest BCUT2D eigenvalue weighted by Gasteiger charge is 2.31. The first-order chi connectivity index (χ1) is 11.0. The fraction of sp³-hybridized carbons (Fsp3) is 0.438. The number of nitrogens with zero attached hydrogens (tertiary/aromatic N) is 2. The second-order valence-corrected chi connectivity index (χ2v) is 8.56. The van der Waals surface area contributed by atoms with Crippen LogP contribution in [0, 0.1) is 0 Å². The summed E-state index contributed by atoms with van der Waals surface area (Å²) in [7, 11) is -3.56. The lowest BCUT2D eigenvalue weighted by molar-refractivity contribution is 0.301. The van der Waals surface area contributed by atoms with Gasteiger partial charge in [-0.2, -0.15) is 4.31 Å². The minimum Gasteiger partial charge on any atom is -0.315 e. The summed E-state index contributed by atoms with van der Waals surface area (Å²) < 4.78 is 28.9. The topological polar surface area (TPSA) is 62.3 Å². The highest BCUT2D eigenvalue weighted by Crippen LogP contribution is 2.32. The Morgan fingerprint density at radius 2 is 2.00 bits per heavy atom. The van der Waals surface area contributed by atoms with E-state index in [1.807, 2.05) is 13.0 Å². The first kappa shape index (κ1) is 22.6. The van der Waals surface area contributed by atoms with Gasteiger partial charge in [-0.25, -0.2) is 8.42 Å². The first-order valence-corrected chi connectivity index (χ1v) is 10.00. The lowest BCUT2D eigenvalue weighted by Gasteiger charge is -2.31. The summed E-state index contributed by atoms with van der Waals surface area (Å²) >= 11 is 3.45. The Hall–Kier alpha value is -0.440. The van der Waals surface area contributed by atoms with Gasteiger partial charge in [0.25, 0.3) is 0 Å². The van der Waals surface area contributed by atoms with Gasteiger partial charge in [0.1, 0.15) is 0 Å². The predicted octanol–water partition coefficient (Wildman–Crippen LogP) is 3.60. The monoisotopic (exact) mass is 469 g/mol. The van der Waals surface area contributed by atoms with Gasteiger partial charge in [0, 0.05) is 46.8 Å². The molecule has 1 aromatic carbocycles.